The molecule has 5 nitrogen and oxygen atoms in total. The van der Waals surface area contributed by atoms with Gasteiger partial charge in [0.05, 0.1) is 18.5 Å². The Hall–Kier alpha value is -1.17. The summed E-state index contributed by atoms with van der Waals surface area (Å²) in [6.07, 6.45) is 2.67. The van der Waals surface area contributed by atoms with Gasteiger partial charge in [-0.15, -0.1) is 0 Å². The van der Waals surface area contributed by atoms with Gasteiger partial charge >= 0.3 is 0 Å². The number of nitrogens with one attached hydrogen (secondary N) is 1. The van der Waals surface area contributed by atoms with E-state index in [-0.39, 0.29) is 0 Å². The first-order valence-electron chi connectivity index (χ1n) is 7.57. The highest BCUT2D eigenvalue weighted by atomic mass is 16.5. The van der Waals surface area contributed by atoms with Crippen LogP contribution in [0.1, 0.15) is 26.0 Å². The SMILES string of the molecule is COCCCOCCOc1ccc(CNCC(C)C)nc1. The number of aromatic nitrogens is 1. The normalized spacial score (nSPS) is 11.0. The summed E-state index contributed by atoms with van der Waals surface area (Å²) in [5, 5.41) is 3.36. The molecule has 0 bridgehead atoms. The maximum atomic E-state index is 5.57. The minimum Gasteiger partial charge on any atom is -0.490 e. The molecular weight excluding hydrogens is 268 g/mol. The van der Waals surface area contributed by atoms with Gasteiger partial charge in [-0.25, -0.2) is 0 Å². The largest absolute Gasteiger partial charge is 0.490 e. The number of hydrogen-bond acceptors (Lipinski definition) is 5. The first kappa shape index (κ1) is 17.9. The van der Waals surface area contributed by atoms with Crippen LogP contribution in [0.15, 0.2) is 18.3 Å². The van der Waals surface area contributed by atoms with Crippen molar-refractivity contribution >= 4 is 0 Å². The fourth-order valence-electron chi connectivity index (χ4n) is 1.72. The second-order valence-electron chi connectivity index (χ2n) is 5.32. The molecule has 0 spiro atoms. The fraction of sp³-hybridized carbons (Fsp3) is 0.688. The average Bonchev–Trinajstić information content (AvgIpc) is 2.47. The molecule has 0 fully saturated rings. The van der Waals surface area contributed by atoms with Crippen LogP contribution in [0.3, 0.4) is 0 Å². The minimum atomic E-state index is 0.541. The molecule has 1 aromatic heterocycles. The molecule has 1 aromatic rings. The molecule has 21 heavy (non-hydrogen) atoms. The quantitative estimate of drug-likeness (QED) is 0.600. The molecule has 0 saturated carbocycles. The summed E-state index contributed by atoms with van der Waals surface area (Å²) in [5.41, 5.74) is 1.03. The molecule has 0 radical (unpaired) electrons. The van der Waals surface area contributed by atoms with E-state index in [1.54, 1.807) is 13.3 Å². The van der Waals surface area contributed by atoms with Crippen LogP contribution in [0, 0.1) is 5.92 Å². The number of methoxy groups -OCH3 is 1. The van der Waals surface area contributed by atoms with Gasteiger partial charge in [-0.05, 0) is 31.0 Å². The lowest BCUT2D eigenvalue weighted by atomic mass is 10.2. The number of nitrogens with zero attached hydrogens (tertiary/aromatic N) is 1. The number of ether oxygens (including phenoxy) is 3. The van der Waals surface area contributed by atoms with Gasteiger partial charge in [0.25, 0.3) is 0 Å². The van der Waals surface area contributed by atoms with E-state index in [0.717, 1.165) is 37.6 Å². The molecule has 0 atom stereocenters. The second-order valence-corrected chi connectivity index (χ2v) is 5.32. The average molecular weight is 296 g/mol. The maximum absolute atomic E-state index is 5.57. The van der Waals surface area contributed by atoms with Crippen molar-refractivity contribution in [3.05, 3.63) is 24.0 Å². The summed E-state index contributed by atoms with van der Waals surface area (Å²) in [4.78, 5) is 4.37. The Morgan fingerprint density at radius 1 is 1.14 bits per heavy atom. The van der Waals surface area contributed by atoms with Gasteiger partial charge in [-0.3, -0.25) is 4.98 Å². The Labute approximate surface area is 128 Å². The number of pyridine rings is 1. The monoisotopic (exact) mass is 296 g/mol. The summed E-state index contributed by atoms with van der Waals surface area (Å²) >= 11 is 0. The zero-order valence-corrected chi connectivity index (χ0v) is 13.4. The molecule has 0 aliphatic heterocycles. The second kappa shape index (κ2) is 11.5. The highest BCUT2D eigenvalue weighted by molar-refractivity contribution is 5.19. The summed E-state index contributed by atoms with van der Waals surface area (Å²) < 4.78 is 15.9. The molecule has 0 aliphatic rings. The van der Waals surface area contributed by atoms with Crippen molar-refractivity contribution in [2.24, 2.45) is 5.92 Å². The molecule has 1 N–H and O–H groups in total. The third-order valence-electron chi connectivity index (χ3n) is 2.79. The standard InChI is InChI=1S/C16H28N2O3/c1-14(2)11-17-12-15-5-6-16(13-18-15)21-10-9-20-8-4-7-19-3/h5-6,13-14,17H,4,7-12H2,1-3H3. The van der Waals surface area contributed by atoms with Gasteiger partial charge in [-0.1, -0.05) is 13.8 Å². The molecule has 1 rings (SSSR count). The number of rotatable bonds is 12. The van der Waals surface area contributed by atoms with Crippen LogP contribution in [0.2, 0.25) is 0 Å². The summed E-state index contributed by atoms with van der Waals surface area (Å²) in [6.45, 7) is 8.73. The van der Waals surface area contributed by atoms with E-state index < -0.39 is 0 Å². The number of hydrogen-bond donors (Lipinski definition) is 1. The predicted octanol–water partition coefficient (Wildman–Crippen LogP) is 2.26. The summed E-state index contributed by atoms with van der Waals surface area (Å²) in [6, 6.07) is 3.94. The first-order chi connectivity index (χ1) is 10.2. The Morgan fingerprint density at radius 2 is 2.00 bits per heavy atom. The third-order valence-corrected chi connectivity index (χ3v) is 2.79. The third kappa shape index (κ3) is 9.39. The van der Waals surface area contributed by atoms with Crippen LogP contribution >= 0.6 is 0 Å². The molecular formula is C16H28N2O3. The molecule has 0 aromatic carbocycles. The zero-order valence-electron chi connectivity index (χ0n) is 13.4. The van der Waals surface area contributed by atoms with Crippen LogP contribution in [0.5, 0.6) is 5.75 Å². The van der Waals surface area contributed by atoms with Crippen molar-refractivity contribution in [2.45, 2.75) is 26.8 Å². The summed E-state index contributed by atoms with van der Waals surface area (Å²) in [7, 11) is 1.69. The molecule has 0 aliphatic carbocycles. The molecule has 120 valence electrons. The minimum absolute atomic E-state index is 0.541. The van der Waals surface area contributed by atoms with E-state index >= 15 is 0 Å². The van der Waals surface area contributed by atoms with E-state index in [0.29, 0.717) is 25.7 Å². The van der Waals surface area contributed by atoms with Crippen molar-refractivity contribution in [1.82, 2.24) is 10.3 Å². The molecule has 0 amide bonds. The van der Waals surface area contributed by atoms with Crippen LogP contribution < -0.4 is 10.1 Å². The Kier molecular flexibility index (Phi) is 9.78. The van der Waals surface area contributed by atoms with Crippen LogP contribution in [0.25, 0.3) is 0 Å². The Balaban J connectivity index is 2.10. The Morgan fingerprint density at radius 3 is 2.67 bits per heavy atom. The van der Waals surface area contributed by atoms with Gasteiger partial charge in [0, 0.05) is 26.9 Å². The first-order valence-corrected chi connectivity index (χ1v) is 7.57. The van der Waals surface area contributed by atoms with Crippen LogP contribution in [-0.2, 0) is 16.0 Å². The predicted molar refractivity (Wildman–Crippen MR) is 83.6 cm³/mol. The van der Waals surface area contributed by atoms with E-state index in [1.807, 2.05) is 12.1 Å². The molecule has 0 saturated heterocycles. The highest BCUT2D eigenvalue weighted by Crippen LogP contribution is 2.09. The van der Waals surface area contributed by atoms with Crippen molar-refractivity contribution in [2.75, 3.05) is 40.1 Å². The Bertz CT molecular complexity index is 355. The maximum Gasteiger partial charge on any atom is 0.137 e. The van der Waals surface area contributed by atoms with Crippen molar-refractivity contribution < 1.29 is 14.2 Å². The van der Waals surface area contributed by atoms with Gasteiger partial charge in [0.1, 0.15) is 12.4 Å². The van der Waals surface area contributed by atoms with Crippen LogP contribution in [0.4, 0.5) is 0 Å². The van der Waals surface area contributed by atoms with Crippen molar-refractivity contribution in [3.63, 3.8) is 0 Å². The van der Waals surface area contributed by atoms with Gasteiger partial charge in [-0.2, -0.15) is 0 Å². The molecule has 5 heteroatoms. The smallest absolute Gasteiger partial charge is 0.137 e. The lowest BCUT2D eigenvalue weighted by Gasteiger charge is -2.09. The van der Waals surface area contributed by atoms with Crippen molar-refractivity contribution in [3.8, 4) is 5.75 Å². The van der Waals surface area contributed by atoms with Crippen molar-refractivity contribution in [1.29, 1.82) is 0 Å². The molecule has 1 heterocycles. The van der Waals surface area contributed by atoms with E-state index in [1.165, 1.54) is 0 Å². The fourth-order valence-corrected chi connectivity index (χ4v) is 1.72. The highest BCUT2D eigenvalue weighted by Gasteiger charge is 1.98. The van der Waals surface area contributed by atoms with Crippen LogP contribution in [-0.4, -0.2) is 45.1 Å². The van der Waals surface area contributed by atoms with E-state index in [4.69, 9.17) is 14.2 Å². The van der Waals surface area contributed by atoms with Gasteiger partial charge in [0.2, 0.25) is 0 Å². The molecule has 0 unspecified atom stereocenters. The van der Waals surface area contributed by atoms with E-state index in [9.17, 15) is 0 Å². The summed E-state index contributed by atoms with van der Waals surface area (Å²) in [5.74, 6) is 1.43. The topological polar surface area (TPSA) is 52.6 Å². The van der Waals surface area contributed by atoms with Gasteiger partial charge in [0.15, 0.2) is 0 Å². The lowest BCUT2D eigenvalue weighted by Crippen LogP contribution is -2.19. The van der Waals surface area contributed by atoms with E-state index in [2.05, 4.69) is 24.1 Å². The zero-order chi connectivity index (χ0) is 15.3. The van der Waals surface area contributed by atoms with Gasteiger partial charge < -0.3 is 19.5 Å². The lowest BCUT2D eigenvalue weighted by molar-refractivity contribution is 0.0805.